The standard InChI is InChI=1S/C15H13FN4OS2/c16-11-4-6-12(7-5-11)19-14(21)10-23-15(22)20-18-9-13-3-1-2-8-17-13/h1-9H,10H2,(H,19,21)(H,20,22)/b18-9+. The molecule has 1 aromatic carbocycles. The number of benzene rings is 1. The van der Waals surface area contributed by atoms with Crippen LogP contribution < -0.4 is 10.7 Å². The molecule has 23 heavy (non-hydrogen) atoms. The summed E-state index contributed by atoms with van der Waals surface area (Å²) in [7, 11) is 0. The lowest BCUT2D eigenvalue weighted by molar-refractivity contribution is -0.113. The maximum absolute atomic E-state index is 12.8. The second-order valence-electron chi connectivity index (χ2n) is 4.26. The van der Waals surface area contributed by atoms with Crippen molar-refractivity contribution in [3.05, 3.63) is 60.2 Å². The predicted molar refractivity (Wildman–Crippen MR) is 95.1 cm³/mol. The second-order valence-corrected chi connectivity index (χ2v) is 5.91. The Kier molecular flexibility index (Phi) is 6.64. The molecule has 118 valence electrons. The Hall–Kier alpha value is -2.32. The van der Waals surface area contributed by atoms with Gasteiger partial charge in [0.15, 0.2) is 4.32 Å². The van der Waals surface area contributed by atoms with Crippen LogP contribution >= 0.6 is 24.0 Å². The Balaban J connectivity index is 1.70. The summed E-state index contributed by atoms with van der Waals surface area (Å²) in [6.45, 7) is 0. The van der Waals surface area contributed by atoms with Crippen LogP contribution in [0.5, 0.6) is 0 Å². The minimum atomic E-state index is -0.353. The number of hydrogen-bond acceptors (Lipinski definition) is 5. The van der Waals surface area contributed by atoms with Gasteiger partial charge >= 0.3 is 0 Å². The summed E-state index contributed by atoms with van der Waals surface area (Å²) in [6.07, 6.45) is 3.19. The lowest BCUT2D eigenvalue weighted by Gasteiger charge is -2.05. The number of carbonyl (C=O) groups excluding carboxylic acids is 1. The van der Waals surface area contributed by atoms with Crippen molar-refractivity contribution >= 4 is 46.1 Å². The lowest BCUT2D eigenvalue weighted by atomic mass is 10.3. The summed E-state index contributed by atoms with van der Waals surface area (Å²) in [5, 5.41) is 6.58. The first-order chi connectivity index (χ1) is 11.1. The fraction of sp³-hybridized carbons (Fsp3) is 0.0667. The molecule has 1 amide bonds. The van der Waals surface area contributed by atoms with Crippen molar-refractivity contribution in [1.82, 2.24) is 10.4 Å². The third kappa shape index (κ3) is 6.54. The van der Waals surface area contributed by atoms with Crippen molar-refractivity contribution in [2.45, 2.75) is 0 Å². The molecule has 0 fully saturated rings. The van der Waals surface area contributed by atoms with Crippen molar-refractivity contribution < 1.29 is 9.18 Å². The highest BCUT2D eigenvalue weighted by molar-refractivity contribution is 8.23. The fourth-order valence-corrected chi connectivity index (χ4v) is 2.18. The molecule has 0 spiro atoms. The predicted octanol–water partition coefficient (Wildman–Crippen LogP) is 2.80. The SMILES string of the molecule is O=C(CSC(=S)N/N=C/c1ccccn1)Nc1ccc(F)cc1. The van der Waals surface area contributed by atoms with Crippen LogP contribution in [0, 0.1) is 5.82 Å². The lowest BCUT2D eigenvalue weighted by Crippen LogP contribution is -2.18. The molecule has 0 aliphatic heterocycles. The topological polar surface area (TPSA) is 66.4 Å². The van der Waals surface area contributed by atoms with E-state index in [9.17, 15) is 9.18 Å². The maximum atomic E-state index is 12.8. The van der Waals surface area contributed by atoms with E-state index in [2.05, 4.69) is 20.8 Å². The molecule has 0 aliphatic rings. The number of pyridine rings is 1. The molecule has 0 saturated heterocycles. The molecule has 0 saturated carbocycles. The Morgan fingerprint density at radius 1 is 1.30 bits per heavy atom. The molecule has 0 unspecified atom stereocenters. The van der Waals surface area contributed by atoms with Crippen LogP contribution in [-0.4, -0.2) is 27.2 Å². The number of hydrazone groups is 1. The summed E-state index contributed by atoms with van der Waals surface area (Å²) in [6, 6.07) is 11.0. The molecule has 2 N–H and O–H groups in total. The molecule has 0 bridgehead atoms. The van der Waals surface area contributed by atoms with Crippen molar-refractivity contribution in [2.75, 3.05) is 11.1 Å². The average molecular weight is 348 g/mol. The molecule has 0 radical (unpaired) electrons. The Labute approximate surface area is 142 Å². The van der Waals surface area contributed by atoms with Crippen LogP contribution in [0.25, 0.3) is 0 Å². The van der Waals surface area contributed by atoms with Gasteiger partial charge in [0.25, 0.3) is 0 Å². The zero-order chi connectivity index (χ0) is 16.5. The molecule has 0 aliphatic carbocycles. The van der Waals surface area contributed by atoms with E-state index in [1.807, 2.05) is 12.1 Å². The van der Waals surface area contributed by atoms with Gasteiger partial charge in [-0.25, -0.2) is 4.39 Å². The van der Waals surface area contributed by atoms with Gasteiger partial charge in [-0.3, -0.25) is 15.2 Å². The maximum Gasteiger partial charge on any atom is 0.234 e. The van der Waals surface area contributed by atoms with Crippen LogP contribution in [0.15, 0.2) is 53.8 Å². The normalized spacial score (nSPS) is 10.5. The minimum Gasteiger partial charge on any atom is -0.325 e. The van der Waals surface area contributed by atoms with E-state index in [0.29, 0.717) is 15.7 Å². The number of amides is 1. The molecular formula is C15H13FN4OS2. The summed E-state index contributed by atoms with van der Waals surface area (Å²) < 4.78 is 13.1. The third-order valence-corrected chi connectivity index (χ3v) is 3.71. The minimum absolute atomic E-state index is 0.127. The third-order valence-electron chi connectivity index (χ3n) is 2.50. The Morgan fingerprint density at radius 3 is 2.78 bits per heavy atom. The smallest absolute Gasteiger partial charge is 0.234 e. The highest BCUT2D eigenvalue weighted by atomic mass is 32.2. The molecule has 2 rings (SSSR count). The Bertz CT molecular complexity index is 692. The second kappa shape index (κ2) is 8.96. The summed E-state index contributed by atoms with van der Waals surface area (Å²) in [4.78, 5) is 15.8. The molecular weight excluding hydrogens is 335 g/mol. The van der Waals surface area contributed by atoms with Gasteiger partial charge in [0.05, 0.1) is 17.7 Å². The summed E-state index contributed by atoms with van der Waals surface area (Å²) in [5.74, 6) is -0.463. The van der Waals surface area contributed by atoms with Crippen LogP contribution in [0.2, 0.25) is 0 Å². The molecule has 2 aromatic rings. The van der Waals surface area contributed by atoms with Gasteiger partial charge in [-0.05, 0) is 36.4 Å². The van der Waals surface area contributed by atoms with Crippen molar-refractivity contribution in [3.8, 4) is 0 Å². The highest BCUT2D eigenvalue weighted by Crippen LogP contribution is 2.09. The zero-order valence-corrected chi connectivity index (χ0v) is 13.5. The van der Waals surface area contributed by atoms with E-state index < -0.39 is 0 Å². The fourth-order valence-electron chi connectivity index (χ4n) is 1.50. The van der Waals surface area contributed by atoms with E-state index in [1.165, 1.54) is 30.5 Å². The first-order valence-corrected chi connectivity index (χ1v) is 7.95. The molecule has 8 heteroatoms. The zero-order valence-electron chi connectivity index (χ0n) is 11.9. The Morgan fingerprint density at radius 2 is 2.09 bits per heavy atom. The number of nitrogens with one attached hydrogen (secondary N) is 2. The number of rotatable bonds is 5. The van der Waals surface area contributed by atoms with Crippen molar-refractivity contribution in [1.29, 1.82) is 0 Å². The van der Waals surface area contributed by atoms with Crippen LogP contribution in [0.3, 0.4) is 0 Å². The molecule has 1 aromatic heterocycles. The molecule has 0 atom stereocenters. The monoisotopic (exact) mass is 348 g/mol. The number of anilines is 1. The summed E-state index contributed by atoms with van der Waals surface area (Å²) >= 11 is 6.20. The van der Waals surface area contributed by atoms with Gasteiger partial charge in [0.1, 0.15) is 5.82 Å². The van der Waals surface area contributed by atoms with Gasteiger partial charge in [-0.1, -0.05) is 30.0 Å². The number of nitrogens with zero attached hydrogens (tertiary/aromatic N) is 2. The van der Waals surface area contributed by atoms with Crippen molar-refractivity contribution in [2.24, 2.45) is 5.10 Å². The molecule has 5 nitrogen and oxygen atoms in total. The first kappa shape index (κ1) is 17.0. The molecule has 1 heterocycles. The van der Waals surface area contributed by atoms with E-state index in [4.69, 9.17) is 12.2 Å². The van der Waals surface area contributed by atoms with E-state index in [0.717, 1.165) is 11.8 Å². The number of carbonyl (C=O) groups is 1. The van der Waals surface area contributed by atoms with Crippen molar-refractivity contribution in [3.63, 3.8) is 0 Å². The van der Waals surface area contributed by atoms with Gasteiger partial charge in [0, 0.05) is 11.9 Å². The quantitative estimate of drug-likeness (QED) is 0.494. The van der Waals surface area contributed by atoms with Gasteiger partial charge in [0.2, 0.25) is 5.91 Å². The van der Waals surface area contributed by atoms with Gasteiger partial charge in [-0.15, -0.1) is 0 Å². The van der Waals surface area contributed by atoms with Crippen LogP contribution in [0.1, 0.15) is 5.69 Å². The van der Waals surface area contributed by atoms with Gasteiger partial charge in [-0.2, -0.15) is 5.10 Å². The number of aromatic nitrogens is 1. The summed E-state index contributed by atoms with van der Waals surface area (Å²) in [5.41, 5.74) is 3.88. The van der Waals surface area contributed by atoms with Gasteiger partial charge < -0.3 is 5.32 Å². The van der Waals surface area contributed by atoms with Crippen LogP contribution in [0.4, 0.5) is 10.1 Å². The number of hydrogen-bond donors (Lipinski definition) is 2. The number of thiocarbonyl (C=S) groups is 1. The van der Waals surface area contributed by atoms with E-state index >= 15 is 0 Å². The van der Waals surface area contributed by atoms with Crippen LogP contribution in [-0.2, 0) is 4.79 Å². The first-order valence-electron chi connectivity index (χ1n) is 6.56. The largest absolute Gasteiger partial charge is 0.325 e. The average Bonchev–Trinajstić information content (AvgIpc) is 2.56. The highest BCUT2D eigenvalue weighted by Gasteiger charge is 2.05. The van der Waals surface area contributed by atoms with E-state index in [1.54, 1.807) is 12.3 Å². The van der Waals surface area contributed by atoms with E-state index in [-0.39, 0.29) is 17.5 Å². The number of halogens is 1. The number of thioether (sulfide) groups is 1.